The lowest BCUT2D eigenvalue weighted by Gasteiger charge is -2.11. The Bertz CT molecular complexity index is 463. The quantitative estimate of drug-likeness (QED) is 0.740. The number of phenols is 1. The molecule has 4 heteroatoms. The van der Waals surface area contributed by atoms with Gasteiger partial charge in [-0.15, -0.1) is 0 Å². The summed E-state index contributed by atoms with van der Waals surface area (Å²) in [5.74, 6) is 0.686. The van der Waals surface area contributed by atoms with E-state index in [1.165, 1.54) is 0 Å². The molecule has 2 rings (SSSR count). The maximum Gasteiger partial charge on any atom is 0.161 e. The summed E-state index contributed by atoms with van der Waals surface area (Å²) >= 11 is 0. The van der Waals surface area contributed by atoms with Crippen LogP contribution in [0.2, 0.25) is 0 Å². The highest BCUT2D eigenvalue weighted by Crippen LogP contribution is 2.46. The molecule has 4 nitrogen and oxygen atoms in total. The molecule has 1 saturated carbocycles. The van der Waals surface area contributed by atoms with Crippen molar-refractivity contribution in [3.8, 4) is 11.5 Å². The number of phenolic OH excluding ortho intramolecular Hbond substituents is 1. The van der Waals surface area contributed by atoms with Crippen molar-refractivity contribution in [3.63, 3.8) is 0 Å². The van der Waals surface area contributed by atoms with E-state index in [2.05, 4.69) is 0 Å². The molecule has 0 spiro atoms. The van der Waals surface area contributed by atoms with Crippen LogP contribution in [-0.2, 0) is 11.2 Å². The monoisotopic (exact) mass is 264 g/mol. The predicted octanol–water partition coefficient (Wildman–Crippen LogP) is 2.07. The maximum absolute atomic E-state index is 12.0. The minimum atomic E-state index is -0.129. The van der Waals surface area contributed by atoms with Crippen molar-refractivity contribution < 1.29 is 19.7 Å². The average Bonchev–Trinajstić information content (AvgIpc) is 3.13. The second-order valence-corrected chi connectivity index (χ2v) is 5.39. The third kappa shape index (κ3) is 3.47. The minimum Gasteiger partial charge on any atom is -0.504 e. The lowest BCUT2D eigenvalue weighted by Crippen LogP contribution is -2.14. The second-order valence-electron chi connectivity index (χ2n) is 5.39. The zero-order valence-electron chi connectivity index (χ0n) is 11.2. The van der Waals surface area contributed by atoms with Crippen molar-refractivity contribution in [2.75, 3.05) is 13.2 Å². The Hall–Kier alpha value is -1.55. The van der Waals surface area contributed by atoms with Crippen molar-refractivity contribution in [2.24, 2.45) is 5.41 Å². The first-order valence-corrected chi connectivity index (χ1v) is 6.64. The molecular weight excluding hydrogens is 244 g/mol. The highest BCUT2D eigenvalue weighted by molar-refractivity contribution is 5.88. The number of aliphatic hydroxyl groups excluding tert-OH is 1. The van der Waals surface area contributed by atoms with E-state index in [0.717, 1.165) is 18.4 Å². The third-order valence-electron chi connectivity index (χ3n) is 3.62. The normalized spacial score (nSPS) is 16.1. The summed E-state index contributed by atoms with van der Waals surface area (Å²) in [6.45, 7) is 2.39. The number of hydrogen-bond donors (Lipinski definition) is 2. The first-order valence-electron chi connectivity index (χ1n) is 6.64. The molecule has 1 aliphatic rings. The summed E-state index contributed by atoms with van der Waals surface area (Å²) < 4.78 is 5.38. The summed E-state index contributed by atoms with van der Waals surface area (Å²) in [6.07, 6.45) is 2.85. The van der Waals surface area contributed by atoms with E-state index in [4.69, 9.17) is 9.84 Å². The molecule has 0 heterocycles. The topological polar surface area (TPSA) is 66.8 Å². The van der Waals surface area contributed by atoms with E-state index >= 15 is 0 Å². The minimum absolute atomic E-state index is 0.0529. The van der Waals surface area contributed by atoms with Crippen molar-refractivity contribution in [1.82, 2.24) is 0 Å². The number of Topliss-reactive ketones (excluding diaryl/α,β-unsaturated/α-hetero) is 1. The SMILES string of the molecule is CC1(C(=O)Cc2ccc(O)c(OCCCO)c2)CC1. The molecule has 0 aliphatic heterocycles. The predicted molar refractivity (Wildman–Crippen MR) is 71.4 cm³/mol. The van der Waals surface area contributed by atoms with Crippen molar-refractivity contribution in [1.29, 1.82) is 0 Å². The maximum atomic E-state index is 12.0. The smallest absolute Gasteiger partial charge is 0.161 e. The zero-order valence-corrected chi connectivity index (χ0v) is 11.2. The standard InChI is InChI=1S/C15H20O4/c1-15(5-6-15)14(18)10-11-3-4-12(17)13(9-11)19-8-2-7-16/h3-4,9,16-17H,2,5-8,10H2,1H3. The molecule has 0 unspecified atom stereocenters. The molecule has 1 fully saturated rings. The lowest BCUT2D eigenvalue weighted by atomic mass is 9.97. The average molecular weight is 264 g/mol. The van der Waals surface area contributed by atoms with Gasteiger partial charge in [-0.3, -0.25) is 4.79 Å². The molecular formula is C15H20O4. The molecule has 0 bridgehead atoms. The van der Waals surface area contributed by atoms with Gasteiger partial charge >= 0.3 is 0 Å². The van der Waals surface area contributed by atoms with Crippen LogP contribution in [0, 0.1) is 5.41 Å². The van der Waals surface area contributed by atoms with E-state index in [1.807, 2.05) is 6.92 Å². The van der Waals surface area contributed by atoms with Crippen LogP contribution in [0.3, 0.4) is 0 Å². The zero-order chi connectivity index (χ0) is 13.9. The largest absolute Gasteiger partial charge is 0.504 e. The molecule has 0 radical (unpaired) electrons. The number of carbonyl (C=O) groups excluding carboxylic acids is 1. The first kappa shape index (κ1) is 13.9. The fourth-order valence-electron chi connectivity index (χ4n) is 1.90. The van der Waals surface area contributed by atoms with Crippen LogP contribution in [0.5, 0.6) is 11.5 Å². The van der Waals surface area contributed by atoms with E-state index in [9.17, 15) is 9.90 Å². The lowest BCUT2D eigenvalue weighted by molar-refractivity contribution is -0.122. The van der Waals surface area contributed by atoms with Gasteiger partial charge in [-0.1, -0.05) is 13.0 Å². The van der Waals surface area contributed by atoms with Crippen LogP contribution < -0.4 is 4.74 Å². The molecule has 1 aliphatic carbocycles. The van der Waals surface area contributed by atoms with Crippen LogP contribution in [0.4, 0.5) is 0 Å². The van der Waals surface area contributed by atoms with Gasteiger partial charge in [-0.05, 0) is 30.5 Å². The van der Waals surface area contributed by atoms with Gasteiger partial charge in [-0.2, -0.15) is 0 Å². The van der Waals surface area contributed by atoms with Gasteiger partial charge in [0.25, 0.3) is 0 Å². The second kappa shape index (κ2) is 5.61. The van der Waals surface area contributed by atoms with Crippen molar-refractivity contribution in [2.45, 2.75) is 32.6 Å². The van der Waals surface area contributed by atoms with E-state index in [0.29, 0.717) is 25.2 Å². The summed E-state index contributed by atoms with van der Waals surface area (Å²) in [7, 11) is 0. The third-order valence-corrected chi connectivity index (χ3v) is 3.62. The summed E-state index contributed by atoms with van der Waals surface area (Å²) in [6, 6.07) is 5.00. The van der Waals surface area contributed by atoms with Crippen LogP contribution in [0.25, 0.3) is 0 Å². The number of ketones is 1. The van der Waals surface area contributed by atoms with Crippen LogP contribution in [-0.4, -0.2) is 29.2 Å². The van der Waals surface area contributed by atoms with E-state index in [-0.39, 0.29) is 23.6 Å². The van der Waals surface area contributed by atoms with Crippen molar-refractivity contribution >= 4 is 5.78 Å². The number of aromatic hydroxyl groups is 1. The molecule has 104 valence electrons. The van der Waals surface area contributed by atoms with Crippen LogP contribution in [0.1, 0.15) is 31.7 Å². The molecule has 0 saturated heterocycles. The Morgan fingerprint density at radius 3 is 2.79 bits per heavy atom. The summed E-state index contributed by atoms with van der Waals surface area (Å²) in [4.78, 5) is 12.0. The molecule has 0 amide bonds. The fraction of sp³-hybridized carbons (Fsp3) is 0.533. The molecule has 0 atom stereocenters. The van der Waals surface area contributed by atoms with E-state index in [1.54, 1.807) is 18.2 Å². The van der Waals surface area contributed by atoms with Crippen LogP contribution >= 0.6 is 0 Å². The molecule has 19 heavy (non-hydrogen) atoms. The van der Waals surface area contributed by atoms with Gasteiger partial charge in [0.1, 0.15) is 5.78 Å². The number of benzene rings is 1. The van der Waals surface area contributed by atoms with Crippen LogP contribution in [0.15, 0.2) is 18.2 Å². The summed E-state index contributed by atoms with van der Waals surface area (Å²) in [5.41, 5.74) is 0.727. The van der Waals surface area contributed by atoms with Gasteiger partial charge in [0.05, 0.1) is 6.61 Å². The Morgan fingerprint density at radius 2 is 2.16 bits per heavy atom. The number of rotatable bonds is 7. The van der Waals surface area contributed by atoms with Gasteiger partial charge in [0.15, 0.2) is 11.5 Å². The molecule has 1 aromatic carbocycles. The number of hydrogen-bond acceptors (Lipinski definition) is 4. The van der Waals surface area contributed by atoms with E-state index < -0.39 is 0 Å². The Morgan fingerprint density at radius 1 is 1.42 bits per heavy atom. The van der Waals surface area contributed by atoms with Gasteiger partial charge in [0, 0.05) is 24.9 Å². The highest BCUT2D eigenvalue weighted by atomic mass is 16.5. The Kier molecular flexibility index (Phi) is 4.10. The van der Waals surface area contributed by atoms with Gasteiger partial charge < -0.3 is 14.9 Å². The molecule has 2 N–H and O–H groups in total. The van der Waals surface area contributed by atoms with Gasteiger partial charge in [-0.25, -0.2) is 0 Å². The first-order chi connectivity index (χ1) is 9.05. The Labute approximate surface area is 113 Å². The Balaban J connectivity index is 2.01. The number of ether oxygens (including phenoxy) is 1. The number of carbonyl (C=O) groups is 1. The van der Waals surface area contributed by atoms with Crippen molar-refractivity contribution in [3.05, 3.63) is 23.8 Å². The molecule has 1 aromatic rings. The molecule has 0 aromatic heterocycles. The fourth-order valence-corrected chi connectivity index (χ4v) is 1.90. The van der Waals surface area contributed by atoms with Gasteiger partial charge in [0.2, 0.25) is 0 Å². The summed E-state index contributed by atoms with van der Waals surface area (Å²) in [5, 5.41) is 18.4. The highest BCUT2D eigenvalue weighted by Gasteiger charge is 2.43. The number of aliphatic hydroxyl groups is 1.